The molecule has 1 aliphatic rings. The van der Waals surface area contributed by atoms with E-state index in [0.29, 0.717) is 11.6 Å². The summed E-state index contributed by atoms with van der Waals surface area (Å²) in [6, 6.07) is 16.6. The van der Waals surface area contributed by atoms with Crippen LogP contribution in [0.2, 0.25) is 5.02 Å². The normalized spacial score (nSPS) is 18.3. The Bertz CT molecular complexity index is 667. The smallest absolute Gasteiger partial charge is 0.237 e. The van der Waals surface area contributed by atoms with Gasteiger partial charge in [0.15, 0.2) is 0 Å². The van der Waals surface area contributed by atoms with Crippen molar-refractivity contribution in [1.29, 1.82) is 0 Å². The van der Waals surface area contributed by atoms with Gasteiger partial charge in [-0.25, -0.2) is 0 Å². The van der Waals surface area contributed by atoms with Gasteiger partial charge in [0.2, 0.25) is 11.8 Å². The number of benzene rings is 2. The number of amides is 2. The highest BCUT2D eigenvalue weighted by Crippen LogP contribution is 2.31. The van der Waals surface area contributed by atoms with Crippen LogP contribution >= 0.6 is 11.6 Å². The van der Waals surface area contributed by atoms with Gasteiger partial charge in [-0.3, -0.25) is 14.5 Å². The SMILES string of the molecule is O=C1CC(c2ccc(Cl)cc2)C(=O)N1Cc1ccccc1. The van der Waals surface area contributed by atoms with Gasteiger partial charge in [-0.15, -0.1) is 0 Å². The molecule has 0 N–H and O–H groups in total. The average Bonchev–Trinajstić information content (AvgIpc) is 2.77. The fourth-order valence-corrected chi connectivity index (χ4v) is 2.70. The van der Waals surface area contributed by atoms with E-state index in [0.717, 1.165) is 11.1 Å². The Balaban J connectivity index is 1.80. The summed E-state index contributed by atoms with van der Waals surface area (Å²) in [7, 11) is 0. The number of imide groups is 1. The molecule has 0 saturated carbocycles. The highest BCUT2D eigenvalue weighted by atomic mass is 35.5. The molecule has 0 bridgehead atoms. The Morgan fingerprint density at radius 1 is 1.00 bits per heavy atom. The highest BCUT2D eigenvalue weighted by Gasteiger charge is 2.39. The summed E-state index contributed by atoms with van der Waals surface area (Å²) in [6.07, 6.45) is 0.229. The third kappa shape index (κ3) is 2.83. The Morgan fingerprint density at radius 2 is 1.67 bits per heavy atom. The molecule has 4 heteroatoms. The molecule has 1 atom stereocenters. The minimum Gasteiger partial charge on any atom is -0.278 e. The van der Waals surface area contributed by atoms with Gasteiger partial charge in [0.05, 0.1) is 12.5 Å². The van der Waals surface area contributed by atoms with E-state index in [2.05, 4.69) is 0 Å². The Morgan fingerprint density at radius 3 is 2.33 bits per heavy atom. The molecule has 3 nitrogen and oxygen atoms in total. The molecular formula is C17H14ClNO2. The van der Waals surface area contributed by atoms with Gasteiger partial charge in [-0.1, -0.05) is 54.1 Å². The van der Waals surface area contributed by atoms with E-state index in [1.807, 2.05) is 42.5 Å². The zero-order valence-electron chi connectivity index (χ0n) is 11.3. The first-order valence-corrected chi connectivity index (χ1v) is 7.16. The number of hydrogen-bond acceptors (Lipinski definition) is 2. The molecule has 0 aromatic heterocycles. The molecule has 1 heterocycles. The number of rotatable bonds is 3. The summed E-state index contributed by atoms with van der Waals surface area (Å²) in [5.74, 6) is -0.645. The molecule has 2 amide bonds. The van der Waals surface area contributed by atoms with E-state index in [9.17, 15) is 9.59 Å². The predicted molar refractivity (Wildman–Crippen MR) is 80.8 cm³/mol. The van der Waals surface area contributed by atoms with Gasteiger partial charge in [0.25, 0.3) is 0 Å². The zero-order valence-corrected chi connectivity index (χ0v) is 12.1. The van der Waals surface area contributed by atoms with Crippen LogP contribution in [-0.2, 0) is 16.1 Å². The molecule has 106 valence electrons. The van der Waals surface area contributed by atoms with E-state index >= 15 is 0 Å². The van der Waals surface area contributed by atoms with Gasteiger partial charge >= 0.3 is 0 Å². The lowest BCUT2D eigenvalue weighted by atomic mass is 9.98. The number of nitrogens with zero attached hydrogens (tertiary/aromatic N) is 1. The Kier molecular flexibility index (Phi) is 3.76. The standard InChI is InChI=1S/C17H14ClNO2/c18-14-8-6-13(7-9-14)15-10-16(20)19(17(15)21)11-12-4-2-1-3-5-12/h1-9,15H,10-11H2. The third-order valence-corrected chi connectivity index (χ3v) is 3.95. The summed E-state index contributed by atoms with van der Waals surface area (Å²) >= 11 is 5.86. The van der Waals surface area contributed by atoms with Gasteiger partial charge in [-0.2, -0.15) is 0 Å². The monoisotopic (exact) mass is 299 g/mol. The first kappa shape index (κ1) is 13.8. The van der Waals surface area contributed by atoms with Crippen molar-refractivity contribution in [2.75, 3.05) is 0 Å². The van der Waals surface area contributed by atoms with Crippen LogP contribution in [0.4, 0.5) is 0 Å². The number of carbonyl (C=O) groups is 2. The first-order valence-electron chi connectivity index (χ1n) is 6.79. The molecule has 0 aliphatic carbocycles. The molecule has 1 saturated heterocycles. The maximum absolute atomic E-state index is 12.5. The van der Waals surface area contributed by atoms with Gasteiger partial charge in [0.1, 0.15) is 0 Å². The summed E-state index contributed by atoms with van der Waals surface area (Å²) in [4.78, 5) is 25.9. The van der Waals surface area contributed by atoms with Crippen LogP contribution in [0.5, 0.6) is 0 Å². The number of halogens is 1. The topological polar surface area (TPSA) is 37.4 Å². The first-order chi connectivity index (χ1) is 10.1. The van der Waals surface area contributed by atoms with Gasteiger partial charge in [0, 0.05) is 11.4 Å². The van der Waals surface area contributed by atoms with Crippen molar-refractivity contribution in [2.45, 2.75) is 18.9 Å². The number of carbonyl (C=O) groups excluding carboxylic acids is 2. The van der Waals surface area contributed by atoms with Crippen LogP contribution in [0.3, 0.4) is 0 Å². The zero-order chi connectivity index (χ0) is 14.8. The van der Waals surface area contributed by atoms with E-state index in [-0.39, 0.29) is 18.2 Å². The minimum atomic E-state index is -0.390. The van der Waals surface area contributed by atoms with E-state index < -0.39 is 5.92 Å². The van der Waals surface area contributed by atoms with Crippen molar-refractivity contribution < 1.29 is 9.59 Å². The average molecular weight is 300 g/mol. The summed E-state index contributed by atoms with van der Waals surface area (Å²) in [5, 5.41) is 0.622. The maximum atomic E-state index is 12.5. The highest BCUT2D eigenvalue weighted by molar-refractivity contribution is 6.30. The van der Waals surface area contributed by atoms with E-state index in [1.54, 1.807) is 12.1 Å². The van der Waals surface area contributed by atoms with E-state index in [4.69, 9.17) is 11.6 Å². The Labute approximate surface area is 128 Å². The van der Waals surface area contributed by atoms with Crippen molar-refractivity contribution in [2.24, 2.45) is 0 Å². The molecule has 0 spiro atoms. The molecular weight excluding hydrogens is 286 g/mol. The molecule has 1 unspecified atom stereocenters. The van der Waals surface area contributed by atoms with Crippen molar-refractivity contribution >= 4 is 23.4 Å². The summed E-state index contributed by atoms with van der Waals surface area (Å²) in [6.45, 7) is 0.336. The Hall–Kier alpha value is -2.13. The quantitative estimate of drug-likeness (QED) is 0.815. The molecule has 2 aromatic rings. The van der Waals surface area contributed by atoms with Crippen LogP contribution in [0.1, 0.15) is 23.5 Å². The molecule has 21 heavy (non-hydrogen) atoms. The van der Waals surface area contributed by atoms with Crippen LogP contribution in [-0.4, -0.2) is 16.7 Å². The molecule has 1 aliphatic heterocycles. The largest absolute Gasteiger partial charge is 0.278 e. The van der Waals surface area contributed by atoms with Gasteiger partial charge < -0.3 is 0 Å². The lowest BCUT2D eigenvalue weighted by molar-refractivity contribution is -0.139. The van der Waals surface area contributed by atoms with Crippen molar-refractivity contribution in [1.82, 2.24) is 4.90 Å². The van der Waals surface area contributed by atoms with Crippen LogP contribution in [0.15, 0.2) is 54.6 Å². The van der Waals surface area contributed by atoms with Crippen molar-refractivity contribution in [3.63, 3.8) is 0 Å². The lowest BCUT2D eigenvalue weighted by Gasteiger charge is -2.15. The maximum Gasteiger partial charge on any atom is 0.237 e. The number of likely N-dealkylation sites (tertiary alicyclic amines) is 1. The fourth-order valence-electron chi connectivity index (χ4n) is 2.57. The lowest BCUT2D eigenvalue weighted by Crippen LogP contribution is -2.29. The fraction of sp³-hybridized carbons (Fsp3) is 0.176. The van der Waals surface area contributed by atoms with Crippen LogP contribution < -0.4 is 0 Å². The second kappa shape index (κ2) is 5.70. The molecule has 2 aromatic carbocycles. The van der Waals surface area contributed by atoms with E-state index in [1.165, 1.54) is 4.90 Å². The van der Waals surface area contributed by atoms with Crippen molar-refractivity contribution in [3.8, 4) is 0 Å². The minimum absolute atomic E-state index is 0.121. The molecule has 0 radical (unpaired) electrons. The predicted octanol–water partition coefficient (Wildman–Crippen LogP) is 3.38. The third-order valence-electron chi connectivity index (χ3n) is 3.70. The summed E-state index contributed by atoms with van der Waals surface area (Å²) in [5.41, 5.74) is 1.80. The van der Waals surface area contributed by atoms with Crippen molar-refractivity contribution in [3.05, 3.63) is 70.7 Å². The summed E-state index contributed by atoms with van der Waals surface area (Å²) < 4.78 is 0. The van der Waals surface area contributed by atoms with Gasteiger partial charge in [-0.05, 0) is 23.3 Å². The second-order valence-electron chi connectivity index (χ2n) is 5.11. The molecule has 3 rings (SSSR count). The van der Waals surface area contributed by atoms with Crippen LogP contribution in [0, 0.1) is 0 Å². The molecule has 1 fully saturated rings. The second-order valence-corrected chi connectivity index (χ2v) is 5.55. The van der Waals surface area contributed by atoms with Crippen LogP contribution in [0.25, 0.3) is 0 Å². The number of hydrogen-bond donors (Lipinski definition) is 0.